The third-order valence-corrected chi connectivity index (χ3v) is 4.23. The van der Waals surface area contributed by atoms with E-state index in [1.165, 1.54) is 20.8 Å². The van der Waals surface area contributed by atoms with Crippen molar-refractivity contribution in [3.63, 3.8) is 0 Å². The molecule has 0 aliphatic heterocycles. The molecule has 0 aliphatic rings. The fraction of sp³-hybridized carbons (Fsp3) is 0.591. The minimum atomic E-state index is -0.597. The Morgan fingerprint density at radius 1 is 1.00 bits per heavy atom. The highest BCUT2D eigenvalue weighted by atomic mass is 16.6. The van der Waals surface area contributed by atoms with Crippen molar-refractivity contribution in [2.75, 3.05) is 6.61 Å². The zero-order chi connectivity index (χ0) is 22.0. The molecule has 1 aromatic carbocycles. The maximum atomic E-state index is 11.8. The van der Waals surface area contributed by atoms with Gasteiger partial charge in [0.25, 0.3) is 0 Å². The first-order chi connectivity index (χ1) is 13.6. The molecule has 1 aromatic rings. The average molecular weight is 408 g/mol. The van der Waals surface area contributed by atoms with Crippen LogP contribution < -0.4 is 14.8 Å². The molecule has 0 fully saturated rings. The van der Waals surface area contributed by atoms with Crippen LogP contribution in [0.25, 0.3) is 0 Å². The monoisotopic (exact) mass is 407 g/mol. The Morgan fingerprint density at radius 3 is 2.21 bits per heavy atom. The number of hydrogen-bond acceptors (Lipinski definition) is 6. The number of carbonyl (C=O) groups is 3. The number of unbranched alkanes of at least 4 members (excludes halogenated alkanes) is 2. The quantitative estimate of drug-likeness (QED) is 0.339. The zero-order valence-electron chi connectivity index (χ0n) is 18.2. The summed E-state index contributed by atoms with van der Waals surface area (Å²) in [6.07, 6.45) is 2.43. The van der Waals surface area contributed by atoms with E-state index in [1.54, 1.807) is 18.2 Å². The second-order valence-corrected chi connectivity index (χ2v) is 7.35. The van der Waals surface area contributed by atoms with Gasteiger partial charge < -0.3 is 19.5 Å². The molecule has 0 saturated carbocycles. The number of benzene rings is 1. The minimum absolute atomic E-state index is 0.0575. The lowest BCUT2D eigenvalue weighted by Crippen LogP contribution is -2.40. The lowest BCUT2D eigenvalue weighted by molar-refractivity contribution is -0.151. The summed E-state index contributed by atoms with van der Waals surface area (Å²) in [5.74, 6) is -0.505. The van der Waals surface area contributed by atoms with Crippen molar-refractivity contribution in [2.24, 2.45) is 5.92 Å². The fourth-order valence-electron chi connectivity index (χ4n) is 2.96. The number of ether oxygens (including phenoxy) is 3. The van der Waals surface area contributed by atoms with E-state index in [1.807, 2.05) is 13.8 Å². The van der Waals surface area contributed by atoms with Crippen LogP contribution in [0, 0.1) is 5.92 Å². The van der Waals surface area contributed by atoms with E-state index in [9.17, 15) is 14.4 Å². The Morgan fingerprint density at radius 2 is 1.69 bits per heavy atom. The van der Waals surface area contributed by atoms with Gasteiger partial charge in [0.05, 0.1) is 12.6 Å². The van der Waals surface area contributed by atoms with Crippen molar-refractivity contribution in [3.8, 4) is 11.5 Å². The highest BCUT2D eigenvalue weighted by Crippen LogP contribution is 2.34. The normalized spacial score (nSPS) is 12.8. The Hall–Kier alpha value is -2.57. The molecular formula is C22H33NO6. The maximum Gasteiger partial charge on any atom is 0.308 e. The molecule has 7 heteroatoms. The van der Waals surface area contributed by atoms with Crippen LogP contribution in [0.3, 0.4) is 0 Å². The first-order valence-electron chi connectivity index (χ1n) is 10.0. The molecule has 0 heterocycles. The van der Waals surface area contributed by atoms with E-state index in [-0.39, 0.29) is 17.6 Å². The lowest BCUT2D eigenvalue weighted by Gasteiger charge is -2.30. The summed E-state index contributed by atoms with van der Waals surface area (Å²) >= 11 is 0. The number of amides is 1. The number of carbonyl (C=O) groups excluding carboxylic acids is 3. The Labute approximate surface area is 173 Å². The van der Waals surface area contributed by atoms with Crippen molar-refractivity contribution >= 4 is 17.8 Å². The van der Waals surface area contributed by atoms with Crippen molar-refractivity contribution in [3.05, 3.63) is 23.8 Å². The van der Waals surface area contributed by atoms with Crippen LogP contribution in [0.4, 0.5) is 0 Å². The third kappa shape index (κ3) is 8.54. The first-order valence-corrected chi connectivity index (χ1v) is 10.0. The Bertz CT molecular complexity index is 701. The minimum Gasteiger partial charge on any atom is -0.490 e. The van der Waals surface area contributed by atoms with E-state index < -0.39 is 24.1 Å². The Kier molecular flexibility index (Phi) is 10.2. The summed E-state index contributed by atoms with van der Waals surface area (Å²) < 4.78 is 16.6. The van der Waals surface area contributed by atoms with E-state index >= 15 is 0 Å². The van der Waals surface area contributed by atoms with Gasteiger partial charge in [-0.3, -0.25) is 14.4 Å². The predicted molar refractivity (Wildman–Crippen MR) is 110 cm³/mol. The highest BCUT2D eigenvalue weighted by molar-refractivity contribution is 5.74. The molecule has 0 aliphatic carbocycles. The predicted octanol–water partition coefficient (Wildman–Crippen LogP) is 3.95. The summed E-state index contributed by atoms with van der Waals surface area (Å²) in [5.41, 5.74) is 0.650. The van der Waals surface area contributed by atoms with Crippen molar-refractivity contribution in [1.82, 2.24) is 5.32 Å². The molecule has 1 N–H and O–H groups in total. The smallest absolute Gasteiger partial charge is 0.308 e. The van der Waals surface area contributed by atoms with Crippen molar-refractivity contribution < 1.29 is 28.6 Å². The highest BCUT2D eigenvalue weighted by Gasteiger charge is 2.30. The summed E-state index contributed by atoms with van der Waals surface area (Å²) in [6.45, 7) is 10.5. The molecule has 162 valence electrons. The van der Waals surface area contributed by atoms with E-state index in [2.05, 4.69) is 12.2 Å². The maximum absolute atomic E-state index is 11.8. The van der Waals surface area contributed by atoms with Gasteiger partial charge in [-0.1, -0.05) is 39.7 Å². The van der Waals surface area contributed by atoms with Crippen molar-refractivity contribution in [1.29, 1.82) is 0 Å². The van der Waals surface area contributed by atoms with E-state index in [4.69, 9.17) is 14.2 Å². The average Bonchev–Trinajstić information content (AvgIpc) is 2.61. The number of rotatable bonds is 11. The molecule has 0 bridgehead atoms. The second-order valence-electron chi connectivity index (χ2n) is 7.35. The van der Waals surface area contributed by atoms with Crippen LogP contribution in [0.2, 0.25) is 0 Å². The lowest BCUT2D eigenvalue weighted by atomic mass is 9.93. The molecule has 0 saturated heterocycles. The summed E-state index contributed by atoms with van der Waals surface area (Å²) in [5, 5.41) is 2.85. The van der Waals surface area contributed by atoms with Gasteiger partial charge in [-0.05, 0) is 30.0 Å². The van der Waals surface area contributed by atoms with Crippen LogP contribution in [-0.2, 0) is 19.1 Å². The molecule has 1 rings (SSSR count). The van der Waals surface area contributed by atoms with Crippen LogP contribution in [0.1, 0.15) is 72.4 Å². The van der Waals surface area contributed by atoms with Gasteiger partial charge in [-0.2, -0.15) is 0 Å². The number of esters is 2. The molecule has 0 radical (unpaired) electrons. The van der Waals surface area contributed by atoms with Gasteiger partial charge in [0.15, 0.2) is 11.5 Å². The molecule has 2 unspecified atom stereocenters. The third-order valence-electron chi connectivity index (χ3n) is 4.23. The zero-order valence-corrected chi connectivity index (χ0v) is 18.2. The van der Waals surface area contributed by atoms with Gasteiger partial charge in [-0.25, -0.2) is 0 Å². The summed E-state index contributed by atoms with van der Waals surface area (Å²) in [7, 11) is 0. The fourth-order valence-corrected chi connectivity index (χ4v) is 2.96. The Balaban J connectivity index is 3.27. The van der Waals surface area contributed by atoms with Gasteiger partial charge in [0, 0.05) is 20.8 Å². The summed E-state index contributed by atoms with van der Waals surface area (Å²) in [6, 6.07) is 4.54. The topological polar surface area (TPSA) is 90.9 Å². The van der Waals surface area contributed by atoms with Gasteiger partial charge in [-0.15, -0.1) is 0 Å². The summed E-state index contributed by atoms with van der Waals surface area (Å²) in [4.78, 5) is 35.0. The van der Waals surface area contributed by atoms with E-state index in [0.717, 1.165) is 19.3 Å². The second kappa shape index (κ2) is 12.1. The van der Waals surface area contributed by atoms with Crippen LogP contribution in [0.15, 0.2) is 18.2 Å². The van der Waals surface area contributed by atoms with Crippen LogP contribution in [0.5, 0.6) is 11.5 Å². The molecular weight excluding hydrogens is 374 g/mol. The molecule has 7 nitrogen and oxygen atoms in total. The molecule has 29 heavy (non-hydrogen) atoms. The number of nitrogens with one attached hydrogen (secondary N) is 1. The van der Waals surface area contributed by atoms with Gasteiger partial charge in [0.1, 0.15) is 6.10 Å². The molecule has 2 atom stereocenters. The largest absolute Gasteiger partial charge is 0.490 e. The van der Waals surface area contributed by atoms with Gasteiger partial charge >= 0.3 is 11.9 Å². The SMILES string of the molecule is CCCCCOc1ccc(C(NC(C)=O)C(OC(C)=O)C(C)C)cc1OC(C)=O. The van der Waals surface area contributed by atoms with Gasteiger partial charge in [0.2, 0.25) is 5.91 Å². The molecule has 1 amide bonds. The van der Waals surface area contributed by atoms with Crippen molar-refractivity contribution in [2.45, 2.75) is 73.0 Å². The number of hydrogen-bond donors (Lipinski definition) is 1. The molecule has 0 spiro atoms. The first kappa shape index (κ1) is 24.5. The standard InChI is InChI=1S/C22H33NO6/c1-7-8-9-12-27-19-11-10-18(13-20(19)28-16(5)25)21(23-15(4)24)22(14(2)3)29-17(6)26/h10-11,13-14,21-22H,7-9,12H2,1-6H3,(H,23,24). The van der Waals surface area contributed by atoms with Crippen LogP contribution >= 0.6 is 0 Å². The van der Waals surface area contributed by atoms with Crippen LogP contribution in [-0.4, -0.2) is 30.6 Å². The molecule has 0 aromatic heterocycles. The van der Waals surface area contributed by atoms with E-state index in [0.29, 0.717) is 17.9 Å².